The Bertz CT molecular complexity index is 926. The molecule has 32 heavy (non-hydrogen) atoms. The summed E-state index contributed by atoms with van der Waals surface area (Å²) in [7, 11) is 3.95. The molecule has 0 saturated heterocycles. The maximum atomic E-state index is 12.8. The summed E-state index contributed by atoms with van der Waals surface area (Å²) in [5.41, 5.74) is -0.464. The quantitative estimate of drug-likeness (QED) is 0.604. The van der Waals surface area contributed by atoms with Gasteiger partial charge in [0.25, 0.3) is 11.8 Å². The average Bonchev–Trinajstić information content (AvgIpc) is 2.69. The lowest BCUT2D eigenvalue weighted by Crippen LogP contribution is -2.39. The van der Waals surface area contributed by atoms with Crippen molar-refractivity contribution in [1.82, 2.24) is 10.2 Å². The van der Waals surface area contributed by atoms with E-state index >= 15 is 0 Å². The maximum absolute atomic E-state index is 12.8. The molecule has 174 valence electrons. The molecular weight excluding hydrogens is 423 g/mol. The van der Waals surface area contributed by atoms with Gasteiger partial charge in [0.05, 0.1) is 5.56 Å². The van der Waals surface area contributed by atoms with Gasteiger partial charge in [-0.05, 0) is 62.0 Å². The minimum Gasteiger partial charge on any atom is -0.484 e. The molecule has 2 aromatic carbocycles. The third-order valence-corrected chi connectivity index (χ3v) is 4.43. The molecule has 9 heteroatoms. The predicted octanol–water partition coefficient (Wildman–Crippen LogP) is 4.04. The number of nitrogens with zero attached hydrogens (tertiary/aromatic N) is 1. The largest absolute Gasteiger partial charge is 0.484 e. The third kappa shape index (κ3) is 8.22. The van der Waals surface area contributed by atoms with Crippen LogP contribution in [0.4, 0.5) is 18.9 Å². The molecule has 2 rings (SSSR count). The van der Waals surface area contributed by atoms with Gasteiger partial charge in [0.15, 0.2) is 6.61 Å². The predicted molar refractivity (Wildman–Crippen MR) is 117 cm³/mol. The number of ether oxygens (including phenoxy) is 1. The molecule has 0 unspecified atom stereocenters. The van der Waals surface area contributed by atoms with Gasteiger partial charge in [0.2, 0.25) is 0 Å². The number of carbonyl (C=O) groups excluding carboxylic acids is 2. The Labute approximate surface area is 185 Å². The van der Waals surface area contributed by atoms with Crippen LogP contribution in [0.25, 0.3) is 0 Å². The van der Waals surface area contributed by atoms with Crippen LogP contribution in [0.3, 0.4) is 0 Å². The van der Waals surface area contributed by atoms with Crippen molar-refractivity contribution in [3.05, 3.63) is 59.7 Å². The zero-order valence-electron chi connectivity index (χ0n) is 18.5. The van der Waals surface area contributed by atoms with Crippen molar-refractivity contribution in [2.75, 3.05) is 39.1 Å². The molecule has 0 aliphatic carbocycles. The first kappa shape index (κ1) is 25.2. The van der Waals surface area contributed by atoms with Gasteiger partial charge in [0.1, 0.15) is 5.75 Å². The SMILES string of the molecule is CN(C)CC(C)(C)CNC(=O)c1ccc(OCC(=O)Nc2cccc(C(F)(F)F)c2)cc1. The van der Waals surface area contributed by atoms with Crippen molar-refractivity contribution in [3.8, 4) is 5.75 Å². The number of rotatable bonds is 9. The first-order valence-electron chi connectivity index (χ1n) is 9.99. The summed E-state index contributed by atoms with van der Waals surface area (Å²) in [4.78, 5) is 26.4. The van der Waals surface area contributed by atoms with Crippen molar-refractivity contribution in [3.63, 3.8) is 0 Å². The van der Waals surface area contributed by atoms with Crippen molar-refractivity contribution in [2.45, 2.75) is 20.0 Å². The first-order valence-corrected chi connectivity index (χ1v) is 9.99. The standard InChI is InChI=1S/C23H28F3N3O3/c1-22(2,15-29(3)4)14-27-21(31)16-8-10-19(11-9-16)32-13-20(30)28-18-7-5-6-17(12-18)23(24,25)26/h5-12H,13-15H2,1-4H3,(H,27,31)(H,28,30). The molecule has 0 aliphatic heterocycles. The molecule has 0 spiro atoms. The molecule has 0 heterocycles. The van der Waals surface area contributed by atoms with Gasteiger partial charge >= 0.3 is 6.18 Å². The van der Waals surface area contributed by atoms with Crippen molar-refractivity contribution in [1.29, 1.82) is 0 Å². The van der Waals surface area contributed by atoms with E-state index in [1.165, 1.54) is 12.1 Å². The lowest BCUT2D eigenvalue weighted by atomic mass is 9.93. The summed E-state index contributed by atoms with van der Waals surface area (Å²) >= 11 is 0. The lowest BCUT2D eigenvalue weighted by molar-refractivity contribution is -0.137. The van der Waals surface area contributed by atoms with E-state index < -0.39 is 17.6 Å². The molecule has 0 radical (unpaired) electrons. The summed E-state index contributed by atoms with van der Waals surface area (Å²) in [6.45, 7) is 5.07. The average molecular weight is 451 g/mol. The molecule has 6 nitrogen and oxygen atoms in total. The highest BCUT2D eigenvalue weighted by Gasteiger charge is 2.30. The fourth-order valence-corrected chi connectivity index (χ4v) is 3.16. The van der Waals surface area contributed by atoms with E-state index in [1.807, 2.05) is 14.1 Å². The third-order valence-electron chi connectivity index (χ3n) is 4.43. The minimum atomic E-state index is -4.49. The fourth-order valence-electron chi connectivity index (χ4n) is 3.16. The smallest absolute Gasteiger partial charge is 0.416 e. The van der Waals surface area contributed by atoms with Gasteiger partial charge in [-0.15, -0.1) is 0 Å². The summed E-state index contributed by atoms with van der Waals surface area (Å²) in [5.74, 6) is -0.464. The number of hydrogen-bond donors (Lipinski definition) is 2. The topological polar surface area (TPSA) is 70.7 Å². The van der Waals surface area contributed by atoms with Crippen LogP contribution < -0.4 is 15.4 Å². The Morgan fingerprint density at radius 3 is 2.28 bits per heavy atom. The summed E-state index contributed by atoms with van der Waals surface area (Å²) in [5, 5.41) is 5.27. The van der Waals surface area contributed by atoms with E-state index in [9.17, 15) is 22.8 Å². The Kier molecular flexibility index (Phi) is 8.26. The molecular formula is C23H28F3N3O3. The van der Waals surface area contributed by atoms with Crippen LogP contribution >= 0.6 is 0 Å². The van der Waals surface area contributed by atoms with Crippen LogP contribution in [0.15, 0.2) is 48.5 Å². The normalized spacial score (nSPS) is 11.9. The van der Waals surface area contributed by atoms with E-state index in [0.29, 0.717) is 17.9 Å². The van der Waals surface area contributed by atoms with Gasteiger partial charge in [-0.3, -0.25) is 9.59 Å². The highest BCUT2D eigenvalue weighted by atomic mass is 19.4. The van der Waals surface area contributed by atoms with Crippen LogP contribution in [-0.4, -0.2) is 50.5 Å². The first-order chi connectivity index (χ1) is 14.9. The minimum absolute atomic E-state index is 0.0256. The van der Waals surface area contributed by atoms with Crippen molar-refractivity contribution in [2.24, 2.45) is 5.41 Å². The summed E-state index contributed by atoms with van der Waals surface area (Å²) < 4.78 is 43.6. The number of carbonyl (C=O) groups is 2. The highest BCUT2D eigenvalue weighted by molar-refractivity contribution is 5.94. The van der Waals surface area contributed by atoms with Gasteiger partial charge in [-0.1, -0.05) is 19.9 Å². The van der Waals surface area contributed by atoms with E-state index in [1.54, 1.807) is 24.3 Å². The van der Waals surface area contributed by atoms with E-state index in [0.717, 1.165) is 18.7 Å². The zero-order chi connectivity index (χ0) is 23.9. The second kappa shape index (κ2) is 10.5. The number of nitrogens with one attached hydrogen (secondary N) is 2. The number of alkyl halides is 3. The fraction of sp³-hybridized carbons (Fsp3) is 0.391. The van der Waals surface area contributed by atoms with Crippen molar-refractivity contribution < 1.29 is 27.5 Å². The number of halogens is 3. The monoisotopic (exact) mass is 451 g/mol. The number of amides is 2. The Hall–Kier alpha value is -3.07. The van der Waals surface area contributed by atoms with Gasteiger partial charge in [-0.2, -0.15) is 13.2 Å². The maximum Gasteiger partial charge on any atom is 0.416 e. The van der Waals surface area contributed by atoms with Gasteiger partial charge in [-0.25, -0.2) is 0 Å². The highest BCUT2D eigenvalue weighted by Crippen LogP contribution is 2.30. The Morgan fingerprint density at radius 2 is 1.69 bits per heavy atom. The van der Waals surface area contributed by atoms with Gasteiger partial charge in [0, 0.05) is 24.3 Å². The molecule has 0 aromatic heterocycles. The van der Waals surface area contributed by atoms with Gasteiger partial charge < -0.3 is 20.3 Å². The van der Waals surface area contributed by atoms with Crippen LogP contribution in [-0.2, 0) is 11.0 Å². The molecule has 0 bridgehead atoms. The van der Waals surface area contributed by atoms with Crippen molar-refractivity contribution >= 4 is 17.5 Å². The Balaban J connectivity index is 1.85. The number of hydrogen-bond acceptors (Lipinski definition) is 4. The number of anilines is 1. The lowest BCUT2D eigenvalue weighted by Gasteiger charge is -2.28. The molecule has 2 aromatic rings. The Morgan fingerprint density at radius 1 is 1.03 bits per heavy atom. The van der Waals surface area contributed by atoms with E-state index in [-0.39, 0.29) is 23.6 Å². The second-order valence-electron chi connectivity index (χ2n) is 8.52. The summed E-state index contributed by atoms with van der Waals surface area (Å²) in [6, 6.07) is 10.6. The van der Waals surface area contributed by atoms with Crippen LogP contribution in [0.1, 0.15) is 29.8 Å². The summed E-state index contributed by atoms with van der Waals surface area (Å²) in [6.07, 6.45) is -4.49. The second-order valence-corrected chi connectivity index (χ2v) is 8.52. The molecule has 0 saturated carbocycles. The van der Waals surface area contributed by atoms with Crippen LogP contribution in [0.5, 0.6) is 5.75 Å². The molecule has 0 fully saturated rings. The molecule has 2 amide bonds. The van der Waals surface area contributed by atoms with E-state index in [4.69, 9.17) is 4.74 Å². The molecule has 0 atom stereocenters. The van der Waals surface area contributed by atoms with Crippen LogP contribution in [0.2, 0.25) is 0 Å². The molecule has 2 N–H and O–H groups in total. The number of benzene rings is 2. The zero-order valence-corrected chi connectivity index (χ0v) is 18.5. The molecule has 0 aliphatic rings. The van der Waals surface area contributed by atoms with E-state index in [2.05, 4.69) is 29.4 Å². The van der Waals surface area contributed by atoms with Crippen LogP contribution in [0, 0.1) is 5.41 Å².